The zero-order chi connectivity index (χ0) is 17.9. The first-order chi connectivity index (χ1) is 12.7. The van der Waals surface area contributed by atoms with Gasteiger partial charge in [-0.1, -0.05) is 18.2 Å². The molecule has 0 aliphatic carbocycles. The summed E-state index contributed by atoms with van der Waals surface area (Å²) in [5.74, 6) is 2.79. The smallest absolute Gasteiger partial charge is 0.282 e. The number of aliphatic hydroxyl groups excluding tert-OH is 1. The summed E-state index contributed by atoms with van der Waals surface area (Å²) in [7, 11) is 1.59. The monoisotopic (exact) mass is 348 g/mol. The minimum Gasteiger partial charge on any atom is -0.497 e. The van der Waals surface area contributed by atoms with Crippen LogP contribution in [0.15, 0.2) is 48.5 Å². The number of para-hydroxylation sites is 2. The fraction of sp³-hybridized carbons (Fsp3) is 0.100. The Morgan fingerprint density at radius 2 is 1.77 bits per heavy atom. The molecule has 0 spiro atoms. The highest BCUT2D eigenvalue weighted by atomic mass is 16.6. The first-order valence-corrected chi connectivity index (χ1v) is 8.04. The summed E-state index contributed by atoms with van der Waals surface area (Å²) in [5.41, 5.74) is 2.28. The summed E-state index contributed by atoms with van der Waals surface area (Å²) in [6, 6.07) is 14.7. The van der Waals surface area contributed by atoms with Crippen LogP contribution in [0.2, 0.25) is 0 Å². The van der Waals surface area contributed by atoms with E-state index in [4.69, 9.17) is 14.2 Å². The van der Waals surface area contributed by atoms with Crippen molar-refractivity contribution in [2.45, 2.75) is 6.61 Å². The number of hydrogen-bond donors (Lipinski definition) is 1. The quantitative estimate of drug-likeness (QED) is 0.600. The van der Waals surface area contributed by atoms with E-state index in [-0.39, 0.29) is 6.61 Å². The van der Waals surface area contributed by atoms with Gasteiger partial charge in [-0.3, -0.25) is 0 Å². The van der Waals surface area contributed by atoms with Crippen LogP contribution in [0.25, 0.3) is 12.2 Å². The lowest BCUT2D eigenvalue weighted by molar-refractivity contribution is 0.281. The average molecular weight is 348 g/mol. The molecule has 0 saturated heterocycles. The van der Waals surface area contributed by atoms with Gasteiger partial charge in [0.1, 0.15) is 5.75 Å². The predicted molar refractivity (Wildman–Crippen MR) is 96.5 cm³/mol. The van der Waals surface area contributed by atoms with Gasteiger partial charge in [0.25, 0.3) is 5.88 Å². The van der Waals surface area contributed by atoms with Crippen molar-refractivity contribution in [2.75, 3.05) is 7.11 Å². The van der Waals surface area contributed by atoms with Crippen molar-refractivity contribution in [1.82, 2.24) is 10.2 Å². The number of methoxy groups -OCH3 is 1. The van der Waals surface area contributed by atoms with Crippen LogP contribution in [0, 0.1) is 0 Å². The van der Waals surface area contributed by atoms with Gasteiger partial charge in [-0.2, -0.15) is 0 Å². The van der Waals surface area contributed by atoms with Crippen LogP contribution in [-0.4, -0.2) is 22.4 Å². The van der Waals surface area contributed by atoms with Gasteiger partial charge in [-0.05, 0) is 47.5 Å². The molecule has 0 fully saturated rings. The molecule has 0 radical (unpaired) electrons. The first kappa shape index (κ1) is 16.1. The fourth-order valence-corrected chi connectivity index (χ4v) is 2.62. The molecule has 1 N–H and O–H groups in total. The maximum atomic E-state index is 9.35. The van der Waals surface area contributed by atoms with E-state index in [0.717, 1.165) is 11.1 Å². The summed E-state index contributed by atoms with van der Waals surface area (Å²) in [6.07, 6.45) is 3.68. The van der Waals surface area contributed by atoms with Crippen molar-refractivity contribution < 1.29 is 19.3 Å². The molecule has 6 heteroatoms. The second kappa shape index (κ2) is 6.85. The molecule has 1 aromatic heterocycles. The Morgan fingerprint density at radius 1 is 0.962 bits per heavy atom. The lowest BCUT2D eigenvalue weighted by Gasteiger charge is -2.18. The van der Waals surface area contributed by atoms with Crippen molar-refractivity contribution >= 4 is 12.2 Å². The first-order valence-electron chi connectivity index (χ1n) is 8.04. The Labute approximate surface area is 150 Å². The topological polar surface area (TPSA) is 73.7 Å². The van der Waals surface area contributed by atoms with Crippen LogP contribution in [0.1, 0.15) is 16.8 Å². The van der Waals surface area contributed by atoms with Crippen molar-refractivity contribution in [1.29, 1.82) is 0 Å². The molecule has 0 bridgehead atoms. The highest BCUT2D eigenvalue weighted by molar-refractivity contribution is 5.70. The molecule has 0 unspecified atom stereocenters. The molecule has 2 heterocycles. The molecule has 1 aliphatic rings. The number of benzene rings is 2. The zero-order valence-electron chi connectivity index (χ0n) is 14.0. The van der Waals surface area contributed by atoms with Gasteiger partial charge in [0.2, 0.25) is 0 Å². The molecule has 4 rings (SSSR count). The molecule has 0 amide bonds. The van der Waals surface area contributed by atoms with E-state index in [0.29, 0.717) is 34.6 Å². The minimum absolute atomic E-state index is 0.0543. The van der Waals surface area contributed by atoms with Gasteiger partial charge in [0.15, 0.2) is 17.2 Å². The van der Waals surface area contributed by atoms with Crippen LogP contribution < -0.4 is 14.2 Å². The summed E-state index contributed by atoms with van der Waals surface area (Å²) < 4.78 is 16.8. The average Bonchev–Trinajstić information content (AvgIpc) is 2.70. The summed E-state index contributed by atoms with van der Waals surface area (Å²) in [5, 5.41) is 17.6. The Balaban J connectivity index is 1.60. The number of ether oxygens (including phenoxy) is 3. The Kier molecular flexibility index (Phi) is 4.25. The Bertz CT molecular complexity index is 963. The van der Waals surface area contributed by atoms with Crippen molar-refractivity contribution in [3.05, 3.63) is 65.4 Å². The maximum Gasteiger partial charge on any atom is 0.282 e. The van der Waals surface area contributed by atoms with Crippen LogP contribution in [-0.2, 0) is 6.61 Å². The van der Waals surface area contributed by atoms with Crippen molar-refractivity contribution in [3.8, 4) is 28.9 Å². The molecule has 0 atom stereocenters. The zero-order valence-corrected chi connectivity index (χ0v) is 14.0. The third kappa shape index (κ3) is 3.22. The van der Waals surface area contributed by atoms with Gasteiger partial charge in [0, 0.05) is 6.07 Å². The number of aromatic nitrogens is 2. The van der Waals surface area contributed by atoms with Crippen LogP contribution >= 0.6 is 0 Å². The van der Waals surface area contributed by atoms with E-state index in [9.17, 15) is 5.11 Å². The van der Waals surface area contributed by atoms with E-state index in [1.165, 1.54) is 0 Å². The molecule has 6 nitrogen and oxygen atoms in total. The Hall–Kier alpha value is -3.38. The third-order valence-electron chi connectivity index (χ3n) is 3.88. The Morgan fingerprint density at radius 3 is 2.54 bits per heavy atom. The standard InChI is InChI=1S/C20H16N2O4/c1-24-16-9-13(8-14(10-16)12-23)6-7-15-11-19-20(22-21-15)26-18-5-3-2-4-17(18)25-19/h2-11,23H,12H2,1H3/b7-6+. The minimum atomic E-state index is -0.0543. The summed E-state index contributed by atoms with van der Waals surface area (Å²) in [6.45, 7) is -0.0543. The predicted octanol–water partition coefficient (Wildman–Crippen LogP) is 4.05. The molecular weight excluding hydrogens is 332 g/mol. The SMILES string of the molecule is COc1cc(/C=C/c2cc3c(nn2)Oc2ccccc2O3)cc(CO)c1. The van der Waals surface area contributed by atoms with E-state index >= 15 is 0 Å². The molecule has 0 saturated carbocycles. The number of aliphatic hydroxyl groups is 1. The van der Waals surface area contributed by atoms with Crippen molar-refractivity contribution in [2.24, 2.45) is 0 Å². The largest absolute Gasteiger partial charge is 0.497 e. The molecule has 3 aromatic rings. The second-order valence-electron chi connectivity index (χ2n) is 5.70. The van der Waals surface area contributed by atoms with E-state index in [1.54, 1.807) is 19.2 Å². The molecule has 2 aromatic carbocycles. The molecule has 1 aliphatic heterocycles. The van der Waals surface area contributed by atoms with E-state index in [1.807, 2.05) is 48.6 Å². The van der Waals surface area contributed by atoms with E-state index < -0.39 is 0 Å². The highest BCUT2D eigenvalue weighted by Crippen LogP contribution is 2.43. The highest BCUT2D eigenvalue weighted by Gasteiger charge is 2.20. The molecule has 130 valence electrons. The second-order valence-corrected chi connectivity index (χ2v) is 5.70. The molecule has 26 heavy (non-hydrogen) atoms. The molecular formula is C20H16N2O4. The summed E-state index contributed by atoms with van der Waals surface area (Å²) >= 11 is 0. The van der Waals surface area contributed by atoms with Crippen LogP contribution in [0.5, 0.6) is 28.9 Å². The van der Waals surface area contributed by atoms with Crippen LogP contribution in [0.3, 0.4) is 0 Å². The third-order valence-corrected chi connectivity index (χ3v) is 3.88. The lowest BCUT2D eigenvalue weighted by atomic mass is 10.1. The van der Waals surface area contributed by atoms with Gasteiger partial charge in [0.05, 0.1) is 19.4 Å². The number of hydrogen-bond acceptors (Lipinski definition) is 6. The lowest BCUT2D eigenvalue weighted by Crippen LogP contribution is -2.02. The number of nitrogens with zero attached hydrogens (tertiary/aromatic N) is 2. The summed E-state index contributed by atoms with van der Waals surface area (Å²) in [4.78, 5) is 0. The van der Waals surface area contributed by atoms with E-state index in [2.05, 4.69) is 10.2 Å². The van der Waals surface area contributed by atoms with Gasteiger partial charge in [-0.15, -0.1) is 10.2 Å². The van der Waals surface area contributed by atoms with Gasteiger partial charge < -0.3 is 19.3 Å². The van der Waals surface area contributed by atoms with Gasteiger partial charge >= 0.3 is 0 Å². The number of fused-ring (bicyclic) bond motifs is 2. The van der Waals surface area contributed by atoms with Crippen LogP contribution in [0.4, 0.5) is 0 Å². The van der Waals surface area contributed by atoms with Gasteiger partial charge in [-0.25, -0.2) is 0 Å². The maximum absolute atomic E-state index is 9.35. The number of rotatable bonds is 4. The fourth-order valence-electron chi connectivity index (χ4n) is 2.62. The van der Waals surface area contributed by atoms with Crippen molar-refractivity contribution in [3.63, 3.8) is 0 Å². The normalized spacial score (nSPS) is 12.1.